The van der Waals surface area contributed by atoms with Crippen LogP contribution in [0.2, 0.25) is 0 Å². The van der Waals surface area contributed by atoms with Crippen LogP contribution in [0.1, 0.15) is 60.5 Å². The molecular weight excluding hydrogens is 441 g/mol. The third-order valence-electron chi connectivity index (χ3n) is 5.22. The fourth-order valence-corrected chi connectivity index (χ4v) is 5.86. The quantitative estimate of drug-likeness (QED) is 0.293. The minimum absolute atomic E-state index is 0.111. The minimum atomic E-state index is -3.27. The molecule has 0 N–H and O–H groups in total. The van der Waals surface area contributed by atoms with Crippen molar-refractivity contribution in [3.63, 3.8) is 0 Å². The first-order valence-electron chi connectivity index (χ1n) is 11.6. The van der Waals surface area contributed by atoms with Gasteiger partial charge in [-0.15, -0.1) is 0 Å². The molecule has 8 heteroatoms. The lowest BCUT2D eigenvalue weighted by Gasteiger charge is -2.35. The van der Waals surface area contributed by atoms with E-state index < -0.39 is 25.0 Å². The first-order chi connectivity index (χ1) is 15.3. The monoisotopic (exact) mass is 481 g/mol. The Morgan fingerprint density at radius 2 is 1.73 bits per heavy atom. The summed E-state index contributed by atoms with van der Waals surface area (Å²) >= 11 is 0. The van der Waals surface area contributed by atoms with Crippen molar-refractivity contribution in [3.05, 3.63) is 48.0 Å². The summed E-state index contributed by atoms with van der Waals surface area (Å²) in [4.78, 5) is 14.9. The molecule has 1 amide bonds. The van der Waals surface area contributed by atoms with Gasteiger partial charge in [-0.1, -0.05) is 42.5 Å². The Labute approximate surface area is 199 Å². The first-order valence-corrected chi connectivity index (χ1v) is 13.3. The fourth-order valence-electron chi connectivity index (χ4n) is 4.14. The van der Waals surface area contributed by atoms with Crippen molar-refractivity contribution in [3.8, 4) is 0 Å². The van der Waals surface area contributed by atoms with Crippen molar-refractivity contribution < 1.29 is 27.9 Å². The van der Waals surface area contributed by atoms with Gasteiger partial charge in [0, 0.05) is 0 Å². The molecule has 0 aliphatic carbocycles. The van der Waals surface area contributed by atoms with Crippen molar-refractivity contribution >= 4 is 13.7 Å². The van der Waals surface area contributed by atoms with Crippen LogP contribution in [0.5, 0.6) is 0 Å². The minimum Gasteiger partial charge on any atom is -0.444 e. The van der Waals surface area contributed by atoms with Gasteiger partial charge in [-0.25, -0.2) is 4.79 Å². The lowest BCUT2D eigenvalue weighted by Crippen LogP contribution is -2.51. The standard InChI is InChI=1S/C25H40NO6P/c1-9-29-33(28,30-10-2)18-19(3)16-22-21(17-20-14-12-11-13-15-20)26(25(7,8)31-22)23(27)32-24(4,5)6/h11-15,21-22H,3,9-10,16-18H2,1-2,4-8H3/t21-,22-/m0/s1. The Morgan fingerprint density at radius 3 is 2.24 bits per heavy atom. The molecule has 1 heterocycles. The average Bonchev–Trinajstić information content (AvgIpc) is 2.90. The van der Waals surface area contributed by atoms with E-state index in [4.69, 9.17) is 18.5 Å². The molecule has 2 atom stereocenters. The number of rotatable bonds is 10. The van der Waals surface area contributed by atoms with Crippen LogP contribution in [0.25, 0.3) is 0 Å². The summed E-state index contributed by atoms with van der Waals surface area (Å²) < 4.78 is 36.0. The van der Waals surface area contributed by atoms with Crippen molar-refractivity contribution in [2.45, 2.75) is 84.8 Å². The van der Waals surface area contributed by atoms with Crippen LogP contribution in [0.4, 0.5) is 4.79 Å². The lowest BCUT2D eigenvalue weighted by molar-refractivity contribution is -0.0783. The van der Waals surface area contributed by atoms with Crippen LogP contribution in [-0.2, 0) is 29.5 Å². The lowest BCUT2D eigenvalue weighted by atomic mass is 9.96. The summed E-state index contributed by atoms with van der Waals surface area (Å²) in [5, 5.41) is 0. The highest BCUT2D eigenvalue weighted by Crippen LogP contribution is 2.50. The molecule has 186 valence electrons. The number of nitrogens with zero attached hydrogens (tertiary/aromatic N) is 1. The van der Waals surface area contributed by atoms with Crippen LogP contribution in [-0.4, -0.2) is 53.8 Å². The Morgan fingerprint density at radius 1 is 1.15 bits per heavy atom. The van der Waals surface area contributed by atoms with Gasteiger partial charge in [0.05, 0.1) is 31.5 Å². The Hall–Kier alpha value is -1.66. The zero-order chi connectivity index (χ0) is 24.9. The van der Waals surface area contributed by atoms with Gasteiger partial charge in [-0.05, 0) is 66.9 Å². The van der Waals surface area contributed by atoms with Gasteiger partial charge in [0.15, 0.2) is 0 Å². The Kier molecular flexibility index (Phi) is 9.34. The van der Waals surface area contributed by atoms with E-state index in [-0.39, 0.29) is 18.3 Å². The van der Waals surface area contributed by atoms with Gasteiger partial charge in [-0.2, -0.15) is 0 Å². The molecule has 0 radical (unpaired) electrons. The van der Waals surface area contributed by atoms with Gasteiger partial charge < -0.3 is 18.5 Å². The molecule has 1 aromatic carbocycles. The SMILES string of the molecule is C=C(C[C@@H]1OC(C)(C)N(C(=O)OC(C)(C)C)[C@H]1Cc1ccccc1)CP(=O)(OCC)OCC. The van der Waals surface area contributed by atoms with E-state index in [1.54, 1.807) is 18.7 Å². The second-order valence-electron chi connectivity index (χ2n) is 9.77. The molecular formula is C25H40NO6P. The predicted molar refractivity (Wildman–Crippen MR) is 130 cm³/mol. The highest BCUT2D eigenvalue weighted by atomic mass is 31.2. The summed E-state index contributed by atoms with van der Waals surface area (Å²) in [5.74, 6) is 0. The van der Waals surface area contributed by atoms with Crippen molar-refractivity contribution in [2.24, 2.45) is 0 Å². The smallest absolute Gasteiger partial charge is 0.412 e. The maximum atomic E-state index is 13.2. The zero-order valence-corrected chi connectivity index (χ0v) is 22.0. The number of carbonyl (C=O) groups is 1. The Bertz CT molecular complexity index is 838. The number of ether oxygens (including phenoxy) is 2. The van der Waals surface area contributed by atoms with E-state index in [9.17, 15) is 9.36 Å². The topological polar surface area (TPSA) is 74.3 Å². The molecule has 1 fully saturated rings. The summed E-state index contributed by atoms with van der Waals surface area (Å²) in [5.41, 5.74) is 0.275. The average molecular weight is 482 g/mol. The van der Waals surface area contributed by atoms with Gasteiger partial charge in [0.1, 0.15) is 11.3 Å². The Balaban J connectivity index is 2.30. The number of hydrogen-bond acceptors (Lipinski definition) is 6. The fraction of sp³-hybridized carbons (Fsp3) is 0.640. The molecule has 2 rings (SSSR count). The summed E-state index contributed by atoms with van der Waals surface area (Å²) in [6.07, 6.45) is 0.354. The normalized spacial score (nSPS) is 20.6. The third kappa shape index (κ3) is 7.96. The van der Waals surface area contributed by atoms with Gasteiger partial charge >= 0.3 is 13.7 Å². The van der Waals surface area contributed by atoms with Crippen LogP contribution >= 0.6 is 7.60 Å². The number of hydrogen-bond donors (Lipinski definition) is 0. The number of carbonyl (C=O) groups excluding carboxylic acids is 1. The summed E-state index contributed by atoms with van der Waals surface area (Å²) in [6, 6.07) is 9.69. The van der Waals surface area contributed by atoms with E-state index in [1.165, 1.54) is 0 Å². The maximum absolute atomic E-state index is 13.2. The summed E-state index contributed by atoms with van der Waals surface area (Å²) in [7, 11) is -3.27. The van der Waals surface area contributed by atoms with Gasteiger partial charge in [0.25, 0.3) is 0 Å². The van der Waals surface area contributed by atoms with Crippen LogP contribution in [0, 0.1) is 0 Å². The molecule has 1 aromatic rings. The van der Waals surface area contributed by atoms with E-state index in [2.05, 4.69) is 6.58 Å². The second-order valence-corrected chi connectivity index (χ2v) is 11.8. The highest BCUT2D eigenvalue weighted by molar-refractivity contribution is 7.54. The molecule has 0 unspecified atom stereocenters. The molecule has 1 aliphatic rings. The molecule has 0 saturated carbocycles. The zero-order valence-electron chi connectivity index (χ0n) is 21.1. The van der Waals surface area contributed by atoms with Gasteiger partial charge in [-0.3, -0.25) is 9.46 Å². The van der Waals surface area contributed by atoms with E-state index >= 15 is 0 Å². The molecule has 1 saturated heterocycles. The number of benzene rings is 1. The van der Waals surface area contributed by atoms with Gasteiger partial charge in [0.2, 0.25) is 0 Å². The first kappa shape index (κ1) is 27.6. The molecule has 7 nitrogen and oxygen atoms in total. The van der Waals surface area contributed by atoms with Crippen molar-refractivity contribution in [2.75, 3.05) is 19.4 Å². The van der Waals surface area contributed by atoms with Crippen molar-refractivity contribution in [1.82, 2.24) is 4.90 Å². The molecule has 0 bridgehead atoms. The highest BCUT2D eigenvalue weighted by Gasteiger charge is 2.51. The molecule has 1 aliphatic heterocycles. The van der Waals surface area contributed by atoms with Crippen molar-refractivity contribution in [1.29, 1.82) is 0 Å². The predicted octanol–water partition coefficient (Wildman–Crippen LogP) is 6.18. The second kappa shape index (κ2) is 11.2. The van der Waals surface area contributed by atoms with E-state index in [0.717, 1.165) is 5.56 Å². The van der Waals surface area contributed by atoms with Crippen LogP contribution in [0.15, 0.2) is 42.5 Å². The van der Waals surface area contributed by atoms with Crippen LogP contribution < -0.4 is 0 Å². The van der Waals surface area contributed by atoms with Crippen LogP contribution in [0.3, 0.4) is 0 Å². The summed E-state index contributed by atoms with van der Waals surface area (Å²) in [6.45, 7) is 17.6. The third-order valence-corrected chi connectivity index (χ3v) is 7.36. The number of amides is 1. The maximum Gasteiger partial charge on any atom is 0.412 e. The van der Waals surface area contributed by atoms with E-state index in [1.807, 2.05) is 65.0 Å². The molecule has 33 heavy (non-hydrogen) atoms. The largest absolute Gasteiger partial charge is 0.444 e. The van der Waals surface area contributed by atoms with E-state index in [0.29, 0.717) is 31.6 Å². The molecule has 0 spiro atoms. The molecule has 0 aromatic heterocycles.